The molecule has 0 radical (unpaired) electrons. The lowest BCUT2D eigenvalue weighted by Crippen LogP contribution is -2.46. The first-order valence-electron chi connectivity index (χ1n) is 10.3. The molecule has 0 spiro atoms. The van der Waals surface area contributed by atoms with Gasteiger partial charge in [-0.25, -0.2) is 23.5 Å². The van der Waals surface area contributed by atoms with Crippen molar-refractivity contribution in [2.45, 2.75) is 12.6 Å². The molecule has 1 aliphatic heterocycles. The Morgan fingerprint density at radius 3 is 2.79 bits per heavy atom. The Balaban J connectivity index is 1.52. The van der Waals surface area contributed by atoms with E-state index in [1.54, 1.807) is 30.3 Å². The SMILES string of the molecule is O=C(O)C1CN(c2nc(-c3cc(-c4ccon4)n(Cc4ccccc4F)n3)ncc2F)CCO1. The number of benzene rings is 1. The number of carboxylic acid groups (broad SMARTS) is 1. The Hall–Kier alpha value is -4.19. The summed E-state index contributed by atoms with van der Waals surface area (Å²) in [5.41, 5.74) is 1.71. The third-order valence-corrected chi connectivity index (χ3v) is 5.35. The molecule has 1 aromatic carbocycles. The fourth-order valence-corrected chi connectivity index (χ4v) is 3.68. The molecule has 12 heteroatoms. The summed E-state index contributed by atoms with van der Waals surface area (Å²) in [5, 5.41) is 17.7. The van der Waals surface area contributed by atoms with Gasteiger partial charge in [-0.15, -0.1) is 0 Å². The predicted molar refractivity (Wildman–Crippen MR) is 114 cm³/mol. The van der Waals surface area contributed by atoms with Crippen LogP contribution in [0, 0.1) is 11.6 Å². The molecule has 0 bridgehead atoms. The number of carboxylic acids is 1. The Bertz CT molecular complexity index is 1330. The van der Waals surface area contributed by atoms with Crippen molar-refractivity contribution >= 4 is 11.8 Å². The van der Waals surface area contributed by atoms with Crippen LogP contribution in [-0.4, -0.2) is 61.8 Å². The summed E-state index contributed by atoms with van der Waals surface area (Å²) in [6.45, 7) is 0.424. The van der Waals surface area contributed by atoms with E-state index < -0.39 is 17.9 Å². The second-order valence-corrected chi connectivity index (χ2v) is 7.56. The molecular formula is C22H18F2N6O4. The number of hydrogen-bond acceptors (Lipinski definition) is 8. The number of nitrogens with zero attached hydrogens (tertiary/aromatic N) is 6. The van der Waals surface area contributed by atoms with Gasteiger partial charge in [0.1, 0.15) is 23.5 Å². The molecule has 1 saturated heterocycles. The topological polar surface area (TPSA) is 119 Å². The third kappa shape index (κ3) is 4.22. The van der Waals surface area contributed by atoms with E-state index in [1.807, 2.05) is 0 Å². The molecule has 3 aromatic heterocycles. The second-order valence-electron chi connectivity index (χ2n) is 7.56. The van der Waals surface area contributed by atoms with Crippen LogP contribution >= 0.6 is 0 Å². The number of anilines is 1. The first-order chi connectivity index (χ1) is 16.5. The number of ether oxygens (including phenoxy) is 1. The van der Waals surface area contributed by atoms with Gasteiger partial charge in [-0.2, -0.15) is 5.10 Å². The van der Waals surface area contributed by atoms with E-state index in [0.717, 1.165) is 6.20 Å². The number of aromatic nitrogens is 5. The van der Waals surface area contributed by atoms with Crippen molar-refractivity contribution in [3.8, 4) is 22.9 Å². The Morgan fingerprint density at radius 1 is 1.18 bits per heavy atom. The molecule has 4 heterocycles. The second kappa shape index (κ2) is 8.98. The van der Waals surface area contributed by atoms with Crippen LogP contribution in [0.3, 0.4) is 0 Å². The summed E-state index contributed by atoms with van der Waals surface area (Å²) in [7, 11) is 0. The number of hydrogen-bond donors (Lipinski definition) is 1. The van der Waals surface area contributed by atoms with E-state index >= 15 is 0 Å². The van der Waals surface area contributed by atoms with Gasteiger partial charge in [-0.1, -0.05) is 23.4 Å². The molecule has 1 aliphatic rings. The minimum Gasteiger partial charge on any atom is -0.479 e. The van der Waals surface area contributed by atoms with Gasteiger partial charge in [0.05, 0.1) is 31.6 Å². The molecule has 0 aliphatic carbocycles. The largest absolute Gasteiger partial charge is 0.479 e. The summed E-state index contributed by atoms with van der Waals surface area (Å²) < 4.78 is 40.5. The lowest BCUT2D eigenvalue weighted by atomic mass is 10.2. The summed E-state index contributed by atoms with van der Waals surface area (Å²) in [6, 6.07) is 9.61. The summed E-state index contributed by atoms with van der Waals surface area (Å²) >= 11 is 0. The van der Waals surface area contributed by atoms with Crippen LogP contribution in [0.15, 0.2) is 53.4 Å². The van der Waals surface area contributed by atoms with Gasteiger partial charge in [0.15, 0.2) is 23.6 Å². The maximum Gasteiger partial charge on any atom is 0.334 e. The molecule has 10 nitrogen and oxygen atoms in total. The molecule has 174 valence electrons. The van der Waals surface area contributed by atoms with Crippen LogP contribution in [0.4, 0.5) is 14.6 Å². The van der Waals surface area contributed by atoms with Gasteiger partial charge in [-0.05, 0) is 12.1 Å². The zero-order chi connectivity index (χ0) is 23.7. The van der Waals surface area contributed by atoms with Crippen LogP contribution in [-0.2, 0) is 16.1 Å². The highest BCUT2D eigenvalue weighted by Gasteiger charge is 2.29. The molecule has 1 unspecified atom stereocenters. The molecule has 0 saturated carbocycles. The van der Waals surface area contributed by atoms with Crippen LogP contribution in [0.1, 0.15) is 5.56 Å². The van der Waals surface area contributed by atoms with Crippen molar-refractivity contribution in [1.82, 2.24) is 24.9 Å². The zero-order valence-electron chi connectivity index (χ0n) is 17.6. The lowest BCUT2D eigenvalue weighted by molar-refractivity contribution is -0.150. The van der Waals surface area contributed by atoms with E-state index in [-0.39, 0.29) is 43.7 Å². The van der Waals surface area contributed by atoms with E-state index in [1.165, 1.54) is 21.9 Å². The Morgan fingerprint density at radius 2 is 2.03 bits per heavy atom. The first-order valence-corrected chi connectivity index (χ1v) is 10.3. The fourth-order valence-electron chi connectivity index (χ4n) is 3.68. The minimum atomic E-state index is -1.14. The van der Waals surface area contributed by atoms with Crippen LogP contribution in [0.25, 0.3) is 22.9 Å². The van der Waals surface area contributed by atoms with Gasteiger partial charge >= 0.3 is 5.97 Å². The van der Waals surface area contributed by atoms with Gasteiger partial charge < -0.3 is 19.3 Å². The molecule has 0 amide bonds. The molecular weight excluding hydrogens is 450 g/mol. The van der Waals surface area contributed by atoms with E-state index in [9.17, 15) is 18.7 Å². The highest BCUT2D eigenvalue weighted by Crippen LogP contribution is 2.27. The molecule has 5 rings (SSSR count). The average Bonchev–Trinajstić information content (AvgIpc) is 3.51. The van der Waals surface area contributed by atoms with Gasteiger partial charge in [0.2, 0.25) is 0 Å². The highest BCUT2D eigenvalue weighted by molar-refractivity contribution is 5.73. The highest BCUT2D eigenvalue weighted by atomic mass is 19.1. The number of halogens is 2. The number of rotatable bonds is 6. The summed E-state index contributed by atoms with van der Waals surface area (Å²) in [4.78, 5) is 21.2. The van der Waals surface area contributed by atoms with Crippen molar-refractivity contribution in [1.29, 1.82) is 0 Å². The van der Waals surface area contributed by atoms with Crippen molar-refractivity contribution in [3.05, 3.63) is 66.1 Å². The zero-order valence-corrected chi connectivity index (χ0v) is 17.6. The van der Waals surface area contributed by atoms with Crippen LogP contribution in [0.5, 0.6) is 0 Å². The molecule has 4 aromatic rings. The average molecular weight is 468 g/mol. The normalized spacial score (nSPS) is 16.1. The fraction of sp³-hybridized carbons (Fsp3) is 0.227. The van der Waals surface area contributed by atoms with Crippen molar-refractivity contribution in [2.75, 3.05) is 24.6 Å². The maximum atomic E-state index is 14.6. The van der Waals surface area contributed by atoms with Crippen molar-refractivity contribution < 1.29 is 27.9 Å². The summed E-state index contributed by atoms with van der Waals surface area (Å²) in [6.07, 6.45) is 1.32. The number of carbonyl (C=O) groups is 1. The number of morpholine rings is 1. The molecule has 1 atom stereocenters. The standard InChI is InChI=1S/C22H18F2N6O4/c23-14-4-2-1-3-13(14)11-30-18(16-5-7-34-28-16)9-17(27-30)20-25-10-15(24)21(26-20)29-6-8-33-19(12-29)22(31)32/h1-5,7,9-10,19H,6,8,11-12H2,(H,31,32). The van der Waals surface area contributed by atoms with Crippen LogP contribution in [0.2, 0.25) is 0 Å². The molecule has 1 fully saturated rings. The quantitative estimate of drug-likeness (QED) is 0.455. The van der Waals surface area contributed by atoms with E-state index in [0.29, 0.717) is 22.6 Å². The van der Waals surface area contributed by atoms with E-state index in [2.05, 4.69) is 20.2 Å². The van der Waals surface area contributed by atoms with Crippen molar-refractivity contribution in [3.63, 3.8) is 0 Å². The van der Waals surface area contributed by atoms with E-state index in [4.69, 9.17) is 9.26 Å². The third-order valence-electron chi connectivity index (χ3n) is 5.35. The molecule has 34 heavy (non-hydrogen) atoms. The monoisotopic (exact) mass is 468 g/mol. The van der Waals surface area contributed by atoms with Gasteiger partial charge in [-0.3, -0.25) is 4.68 Å². The Kier molecular flexibility index (Phi) is 5.72. The predicted octanol–water partition coefficient (Wildman–Crippen LogP) is 2.61. The van der Waals surface area contributed by atoms with Crippen LogP contribution < -0.4 is 4.90 Å². The number of aliphatic carboxylic acids is 1. The van der Waals surface area contributed by atoms with Gasteiger partial charge in [0, 0.05) is 18.2 Å². The van der Waals surface area contributed by atoms with Crippen molar-refractivity contribution in [2.24, 2.45) is 0 Å². The summed E-state index contributed by atoms with van der Waals surface area (Å²) in [5.74, 6) is -2.15. The molecule has 1 N–H and O–H groups in total. The van der Waals surface area contributed by atoms with Gasteiger partial charge in [0.25, 0.3) is 0 Å². The lowest BCUT2D eigenvalue weighted by Gasteiger charge is -2.31. The smallest absolute Gasteiger partial charge is 0.334 e. The first kappa shape index (κ1) is 21.6. The maximum absolute atomic E-state index is 14.6. The Labute approximate surface area is 191 Å². The minimum absolute atomic E-state index is 0.0498.